The maximum Gasteiger partial charge on any atom is 0.223 e. The zero-order valence-electron chi connectivity index (χ0n) is 13.2. The summed E-state index contributed by atoms with van der Waals surface area (Å²) in [5, 5.41) is 3.22. The van der Waals surface area contributed by atoms with Crippen molar-refractivity contribution in [1.82, 2.24) is 10.3 Å². The zero-order chi connectivity index (χ0) is 16.1. The van der Waals surface area contributed by atoms with Crippen molar-refractivity contribution in [2.24, 2.45) is 11.7 Å². The first kappa shape index (κ1) is 15.7. The minimum absolute atomic E-state index is 0.0202. The van der Waals surface area contributed by atoms with E-state index in [9.17, 15) is 4.79 Å². The van der Waals surface area contributed by atoms with Crippen LogP contribution in [0.4, 0.5) is 0 Å². The highest BCUT2D eigenvalue weighted by Crippen LogP contribution is 2.26. The van der Waals surface area contributed by atoms with E-state index in [-0.39, 0.29) is 23.9 Å². The Balaban J connectivity index is 1.80. The zero-order valence-corrected chi connectivity index (χ0v) is 13.2. The molecule has 1 heterocycles. The van der Waals surface area contributed by atoms with Gasteiger partial charge in [0.2, 0.25) is 5.91 Å². The number of pyridine rings is 1. The Morgan fingerprint density at radius 1 is 1.09 bits per heavy atom. The van der Waals surface area contributed by atoms with Crippen molar-refractivity contribution in [2.75, 3.05) is 0 Å². The van der Waals surface area contributed by atoms with Gasteiger partial charge >= 0.3 is 0 Å². The highest BCUT2D eigenvalue weighted by molar-refractivity contribution is 5.79. The van der Waals surface area contributed by atoms with Gasteiger partial charge in [0.25, 0.3) is 0 Å². The van der Waals surface area contributed by atoms with Crippen LogP contribution in [0.1, 0.15) is 42.9 Å². The minimum Gasteiger partial charge on any atom is -0.345 e. The molecule has 2 aromatic rings. The topological polar surface area (TPSA) is 68.0 Å². The Hall–Kier alpha value is -2.20. The third-order valence-corrected chi connectivity index (χ3v) is 4.54. The first-order valence-electron chi connectivity index (χ1n) is 8.25. The second-order valence-electron chi connectivity index (χ2n) is 6.26. The molecule has 3 unspecified atom stereocenters. The summed E-state index contributed by atoms with van der Waals surface area (Å²) in [5.41, 5.74) is 8.15. The van der Waals surface area contributed by atoms with Gasteiger partial charge in [-0.15, -0.1) is 0 Å². The van der Waals surface area contributed by atoms with Gasteiger partial charge in [-0.3, -0.25) is 9.78 Å². The molecule has 3 N–H and O–H groups in total. The molecule has 0 aliphatic heterocycles. The molecule has 1 aromatic heterocycles. The third kappa shape index (κ3) is 3.96. The van der Waals surface area contributed by atoms with Crippen molar-refractivity contribution in [2.45, 2.75) is 37.8 Å². The van der Waals surface area contributed by atoms with E-state index in [0.29, 0.717) is 0 Å². The molecule has 4 heteroatoms. The van der Waals surface area contributed by atoms with Crippen molar-refractivity contribution >= 4 is 5.91 Å². The number of hydrogen-bond acceptors (Lipinski definition) is 3. The van der Waals surface area contributed by atoms with Gasteiger partial charge in [0, 0.05) is 24.4 Å². The molecule has 3 rings (SSSR count). The predicted molar refractivity (Wildman–Crippen MR) is 90.6 cm³/mol. The van der Waals surface area contributed by atoms with Crippen molar-refractivity contribution < 1.29 is 4.79 Å². The molecule has 1 amide bonds. The molecule has 1 aliphatic carbocycles. The summed E-state index contributed by atoms with van der Waals surface area (Å²) in [5.74, 6) is 0.123. The lowest BCUT2D eigenvalue weighted by Crippen LogP contribution is -2.39. The van der Waals surface area contributed by atoms with Gasteiger partial charge in [0.05, 0.1) is 6.04 Å². The maximum absolute atomic E-state index is 12.7. The lowest BCUT2D eigenvalue weighted by atomic mass is 9.85. The highest BCUT2D eigenvalue weighted by Gasteiger charge is 2.27. The number of nitrogens with zero attached hydrogens (tertiary/aromatic N) is 1. The van der Waals surface area contributed by atoms with Crippen LogP contribution >= 0.6 is 0 Å². The molecule has 1 fully saturated rings. The van der Waals surface area contributed by atoms with Crippen LogP contribution in [-0.2, 0) is 4.79 Å². The van der Waals surface area contributed by atoms with Crippen molar-refractivity contribution in [3.63, 3.8) is 0 Å². The van der Waals surface area contributed by atoms with Crippen LogP contribution in [-0.4, -0.2) is 16.9 Å². The second-order valence-corrected chi connectivity index (χ2v) is 6.26. The molecule has 4 nitrogen and oxygen atoms in total. The van der Waals surface area contributed by atoms with Crippen LogP contribution in [0, 0.1) is 5.92 Å². The van der Waals surface area contributed by atoms with Crippen LogP contribution in [0.15, 0.2) is 54.9 Å². The number of amides is 1. The summed E-state index contributed by atoms with van der Waals surface area (Å²) < 4.78 is 0. The van der Waals surface area contributed by atoms with Gasteiger partial charge in [0.15, 0.2) is 0 Å². The summed E-state index contributed by atoms with van der Waals surface area (Å²) in [7, 11) is 0. The molecule has 3 atom stereocenters. The number of carbonyl (C=O) groups excluding carboxylic acids is 1. The Labute approximate surface area is 137 Å². The predicted octanol–water partition coefficient (Wildman–Crippen LogP) is 2.80. The molecule has 1 aromatic carbocycles. The van der Waals surface area contributed by atoms with E-state index in [4.69, 9.17) is 5.73 Å². The molecule has 23 heavy (non-hydrogen) atoms. The fraction of sp³-hybridized carbons (Fsp3) is 0.368. The van der Waals surface area contributed by atoms with Crippen LogP contribution < -0.4 is 11.1 Å². The summed E-state index contributed by atoms with van der Waals surface area (Å²) in [6.45, 7) is 0. The maximum atomic E-state index is 12.7. The average Bonchev–Trinajstić information content (AvgIpc) is 2.61. The number of aromatic nitrogens is 1. The van der Waals surface area contributed by atoms with E-state index in [1.807, 2.05) is 42.5 Å². The van der Waals surface area contributed by atoms with Gasteiger partial charge in [-0.05, 0) is 42.5 Å². The van der Waals surface area contributed by atoms with Crippen LogP contribution in [0.25, 0.3) is 0 Å². The lowest BCUT2D eigenvalue weighted by molar-refractivity contribution is -0.126. The fourth-order valence-corrected chi connectivity index (χ4v) is 3.29. The SMILES string of the molecule is NC1CCCC(C(=O)NC(c2ccccc2)c2ccncc2)C1. The van der Waals surface area contributed by atoms with E-state index in [0.717, 1.165) is 36.8 Å². The molecular formula is C19H23N3O. The summed E-state index contributed by atoms with van der Waals surface area (Å²) in [6.07, 6.45) is 7.28. The van der Waals surface area contributed by atoms with E-state index in [1.54, 1.807) is 12.4 Å². The molecule has 120 valence electrons. The number of benzene rings is 1. The molecular weight excluding hydrogens is 286 g/mol. The number of nitrogens with two attached hydrogens (primary N) is 1. The molecule has 0 spiro atoms. The normalized spacial score (nSPS) is 22.3. The second kappa shape index (κ2) is 7.38. The smallest absolute Gasteiger partial charge is 0.223 e. The van der Waals surface area contributed by atoms with Gasteiger partial charge in [0.1, 0.15) is 0 Å². The Bertz CT molecular complexity index is 590. The van der Waals surface area contributed by atoms with Crippen molar-refractivity contribution in [3.8, 4) is 0 Å². The van der Waals surface area contributed by atoms with E-state index in [1.165, 1.54) is 0 Å². The van der Waals surface area contributed by atoms with Crippen molar-refractivity contribution in [3.05, 3.63) is 66.0 Å². The van der Waals surface area contributed by atoms with Gasteiger partial charge in [-0.1, -0.05) is 36.8 Å². The number of hydrogen-bond donors (Lipinski definition) is 2. The molecule has 0 saturated heterocycles. The van der Waals surface area contributed by atoms with E-state index < -0.39 is 0 Å². The Morgan fingerprint density at radius 3 is 2.48 bits per heavy atom. The van der Waals surface area contributed by atoms with E-state index >= 15 is 0 Å². The minimum atomic E-state index is -0.148. The Morgan fingerprint density at radius 2 is 1.78 bits per heavy atom. The van der Waals surface area contributed by atoms with E-state index in [2.05, 4.69) is 10.3 Å². The lowest BCUT2D eigenvalue weighted by Gasteiger charge is -2.28. The van der Waals surface area contributed by atoms with Crippen molar-refractivity contribution in [1.29, 1.82) is 0 Å². The fourth-order valence-electron chi connectivity index (χ4n) is 3.29. The molecule has 0 radical (unpaired) electrons. The standard InChI is InChI=1S/C19H23N3O/c20-17-8-4-7-16(13-17)19(23)22-18(14-5-2-1-3-6-14)15-9-11-21-12-10-15/h1-3,5-6,9-12,16-18H,4,7-8,13,20H2,(H,22,23). The molecule has 1 aliphatic rings. The van der Waals surface area contributed by atoms with Crippen LogP contribution in [0.2, 0.25) is 0 Å². The molecule has 1 saturated carbocycles. The summed E-state index contributed by atoms with van der Waals surface area (Å²) >= 11 is 0. The van der Waals surface area contributed by atoms with Crippen LogP contribution in [0.5, 0.6) is 0 Å². The third-order valence-electron chi connectivity index (χ3n) is 4.54. The summed E-state index contributed by atoms with van der Waals surface area (Å²) in [4.78, 5) is 16.8. The van der Waals surface area contributed by atoms with Gasteiger partial charge in [-0.25, -0.2) is 0 Å². The first-order valence-corrected chi connectivity index (χ1v) is 8.25. The average molecular weight is 309 g/mol. The molecule has 0 bridgehead atoms. The van der Waals surface area contributed by atoms with Crippen LogP contribution in [0.3, 0.4) is 0 Å². The number of rotatable bonds is 4. The van der Waals surface area contributed by atoms with Gasteiger partial charge < -0.3 is 11.1 Å². The highest BCUT2D eigenvalue weighted by atomic mass is 16.1. The summed E-state index contributed by atoms with van der Waals surface area (Å²) in [6, 6.07) is 13.9. The van der Waals surface area contributed by atoms with Gasteiger partial charge in [-0.2, -0.15) is 0 Å². The quantitative estimate of drug-likeness (QED) is 0.912. The first-order chi connectivity index (χ1) is 11.2. The Kier molecular flexibility index (Phi) is 5.03. The largest absolute Gasteiger partial charge is 0.345 e. The monoisotopic (exact) mass is 309 g/mol. The number of carbonyl (C=O) groups is 1. The number of nitrogens with one attached hydrogen (secondary N) is 1.